The van der Waals surface area contributed by atoms with Gasteiger partial charge in [-0.05, 0) is 47.9 Å². The average Bonchev–Trinajstić information content (AvgIpc) is 2.67. The van der Waals surface area contributed by atoms with Crippen LogP contribution < -0.4 is 5.32 Å². The van der Waals surface area contributed by atoms with Crippen LogP contribution >= 0.6 is 0 Å². The number of nitro benzene ring substituents is 1. The number of hydrogen-bond donors (Lipinski definition) is 1. The fraction of sp³-hybridized carbons (Fsp3) is 0.429. The fourth-order valence-corrected chi connectivity index (χ4v) is 4.25. The van der Waals surface area contributed by atoms with E-state index in [0.717, 1.165) is 57.4 Å². The molecule has 0 radical (unpaired) electrons. The third-order valence-corrected chi connectivity index (χ3v) is 5.68. The molecule has 0 spiro atoms. The summed E-state index contributed by atoms with van der Waals surface area (Å²) in [5.74, 6) is 0. The van der Waals surface area contributed by atoms with Gasteiger partial charge in [0.15, 0.2) is 0 Å². The standard InChI is InChI=1S/C21H25N3O2/c25-24(26)19-9-8-17-6-3-7-21(20(17)14-19)22-11-13-23-12-10-16-4-1-2-5-18(16)15-23/h1-2,4-5,8-9,14,21-22H,3,6-7,10-13,15H2. The molecule has 1 heterocycles. The van der Waals surface area contributed by atoms with E-state index in [1.807, 2.05) is 6.07 Å². The van der Waals surface area contributed by atoms with Crippen molar-refractivity contribution in [3.05, 3.63) is 74.8 Å². The van der Waals surface area contributed by atoms with Gasteiger partial charge >= 0.3 is 0 Å². The summed E-state index contributed by atoms with van der Waals surface area (Å²) in [6.07, 6.45) is 4.33. The number of rotatable bonds is 5. The Balaban J connectivity index is 1.36. The number of fused-ring (bicyclic) bond motifs is 2. The van der Waals surface area contributed by atoms with Crippen LogP contribution in [0.25, 0.3) is 0 Å². The summed E-state index contributed by atoms with van der Waals surface area (Å²) < 4.78 is 0. The quantitative estimate of drug-likeness (QED) is 0.660. The van der Waals surface area contributed by atoms with Gasteiger partial charge in [-0.1, -0.05) is 30.3 Å². The van der Waals surface area contributed by atoms with Gasteiger partial charge in [0.25, 0.3) is 5.69 Å². The maximum Gasteiger partial charge on any atom is 0.269 e. The second-order valence-electron chi connectivity index (χ2n) is 7.33. The molecule has 1 unspecified atom stereocenters. The highest BCUT2D eigenvalue weighted by Gasteiger charge is 2.23. The molecule has 1 N–H and O–H groups in total. The van der Waals surface area contributed by atoms with E-state index < -0.39 is 0 Å². The molecular weight excluding hydrogens is 326 g/mol. The summed E-state index contributed by atoms with van der Waals surface area (Å²) in [4.78, 5) is 13.3. The van der Waals surface area contributed by atoms with E-state index in [4.69, 9.17) is 0 Å². The Kier molecular flexibility index (Phi) is 5.00. The van der Waals surface area contributed by atoms with E-state index in [1.54, 1.807) is 12.1 Å². The lowest BCUT2D eigenvalue weighted by atomic mass is 9.87. The number of non-ortho nitro benzene ring substituents is 1. The lowest BCUT2D eigenvalue weighted by molar-refractivity contribution is -0.385. The first kappa shape index (κ1) is 17.2. The van der Waals surface area contributed by atoms with Crippen LogP contribution in [0, 0.1) is 10.1 Å². The predicted molar refractivity (Wildman–Crippen MR) is 102 cm³/mol. The first-order valence-electron chi connectivity index (χ1n) is 9.50. The smallest absolute Gasteiger partial charge is 0.269 e. The molecule has 1 aliphatic heterocycles. The topological polar surface area (TPSA) is 58.4 Å². The van der Waals surface area contributed by atoms with E-state index in [9.17, 15) is 10.1 Å². The molecule has 0 saturated carbocycles. The third-order valence-electron chi connectivity index (χ3n) is 5.68. The summed E-state index contributed by atoms with van der Waals surface area (Å²) in [5, 5.41) is 14.7. The van der Waals surface area contributed by atoms with Crippen molar-refractivity contribution in [2.24, 2.45) is 0 Å². The second-order valence-corrected chi connectivity index (χ2v) is 7.33. The number of hydrogen-bond acceptors (Lipinski definition) is 4. The zero-order valence-corrected chi connectivity index (χ0v) is 15.0. The minimum atomic E-state index is -0.295. The van der Waals surface area contributed by atoms with Crippen molar-refractivity contribution in [3.63, 3.8) is 0 Å². The molecule has 26 heavy (non-hydrogen) atoms. The van der Waals surface area contributed by atoms with Gasteiger partial charge in [0.1, 0.15) is 0 Å². The van der Waals surface area contributed by atoms with Gasteiger partial charge in [-0.15, -0.1) is 0 Å². The van der Waals surface area contributed by atoms with Crippen LogP contribution in [0.15, 0.2) is 42.5 Å². The van der Waals surface area contributed by atoms with Gasteiger partial charge in [0, 0.05) is 44.4 Å². The van der Waals surface area contributed by atoms with Gasteiger partial charge in [-0.2, -0.15) is 0 Å². The van der Waals surface area contributed by atoms with Crippen LogP contribution in [0.5, 0.6) is 0 Å². The van der Waals surface area contributed by atoms with Crippen LogP contribution in [0.3, 0.4) is 0 Å². The Hall–Kier alpha value is -2.24. The van der Waals surface area contributed by atoms with Crippen LogP contribution in [0.2, 0.25) is 0 Å². The van der Waals surface area contributed by atoms with Gasteiger partial charge < -0.3 is 5.32 Å². The Bertz CT molecular complexity index is 806. The maximum absolute atomic E-state index is 11.1. The Labute approximate surface area is 154 Å². The van der Waals surface area contributed by atoms with E-state index in [2.05, 4.69) is 34.5 Å². The first-order chi connectivity index (χ1) is 12.7. The minimum Gasteiger partial charge on any atom is -0.309 e. The van der Waals surface area contributed by atoms with Gasteiger partial charge in [-0.3, -0.25) is 15.0 Å². The summed E-state index contributed by atoms with van der Waals surface area (Å²) in [6.45, 7) is 4.04. The monoisotopic (exact) mass is 351 g/mol. The molecule has 5 heteroatoms. The average molecular weight is 351 g/mol. The minimum absolute atomic E-state index is 0.199. The highest BCUT2D eigenvalue weighted by molar-refractivity contribution is 5.42. The maximum atomic E-state index is 11.1. The molecule has 136 valence electrons. The number of nitrogens with one attached hydrogen (secondary N) is 1. The van der Waals surface area contributed by atoms with E-state index in [0.29, 0.717) is 0 Å². The van der Waals surface area contributed by atoms with Crippen LogP contribution in [-0.4, -0.2) is 29.5 Å². The first-order valence-corrected chi connectivity index (χ1v) is 9.50. The van der Waals surface area contributed by atoms with Crippen molar-refractivity contribution in [1.29, 1.82) is 0 Å². The number of nitrogens with zero attached hydrogens (tertiary/aromatic N) is 2. The summed E-state index contributed by atoms with van der Waals surface area (Å²) in [5.41, 5.74) is 5.49. The molecule has 2 aromatic rings. The van der Waals surface area contributed by atoms with Gasteiger partial charge in [0.2, 0.25) is 0 Å². The molecular formula is C21H25N3O2. The van der Waals surface area contributed by atoms with Crippen LogP contribution in [0.1, 0.15) is 41.1 Å². The van der Waals surface area contributed by atoms with E-state index in [-0.39, 0.29) is 16.7 Å². The number of aryl methyl sites for hydroxylation is 1. The molecule has 0 amide bonds. The molecule has 0 aromatic heterocycles. The Morgan fingerprint density at radius 3 is 2.81 bits per heavy atom. The molecule has 2 aliphatic rings. The van der Waals surface area contributed by atoms with E-state index >= 15 is 0 Å². The van der Waals surface area contributed by atoms with Gasteiger partial charge in [-0.25, -0.2) is 0 Å². The summed E-state index contributed by atoms with van der Waals surface area (Å²) in [7, 11) is 0. The van der Waals surface area contributed by atoms with Crippen molar-refractivity contribution < 1.29 is 4.92 Å². The molecule has 0 saturated heterocycles. The Morgan fingerprint density at radius 1 is 1.12 bits per heavy atom. The highest BCUT2D eigenvalue weighted by atomic mass is 16.6. The van der Waals surface area contributed by atoms with Gasteiger partial charge in [0.05, 0.1) is 4.92 Å². The molecule has 1 aliphatic carbocycles. The predicted octanol–water partition coefficient (Wildman–Crippen LogP) is 3.62. The molecule has 1 atom stereocenters. The molecule has 4 rings (SSSR count). The number of nitro groups is 1. The highest BCUT2D eigenvalue weighted by Crippen LogP contribution is 2.32. The van der Waals surface area contributed by atoms with Crippen LogP contribution in [-0.2, 0) is 19.4 Å². The van der Waals surface area contributed by atoms with Crippen molar-refractivity contribution in [3.8, 4) is 0 Å². The van der Waals surface area contributed by atoms with Crippen molar-refractivity contribution in [2.45, 2.75) is 38.3 Å². The SMILES string of the molecule is O=[N+]([O-])c1ccc2c(c1)C(NCCN1CCc3ccccc3C1)CCC2. The van der Waals surface area contributed by atoms with E-state index in [1.165, 1.54) is 16.7 Å². The van der Waals surface area contributed by atoms with Crippen molar-refractivity contribution in [1.82, 2.24) is 10.2 Å². The summed E-state index contributed by atoms with van der Waals surface area (Å²) >= 11 is 0. The molecule has 2 aromatic carbocycles. The number of benzene rings is 2. The normalized spacial score (nSPS) is 19.6. The van der Waals surface area contributed by atoms with Crippen molar-refractivity contribution >= 4 is 5.69 Å². The lowest BCUT2D eigenvalue weighted by Crippen LogP contribution is -2.37. The zero-order chi connectivity index (χ0) is 17.9. The Morgan fingerprint density at radius 2 is 1.96 bits per heavy atom. The van der Waals surface area contributed by atoms with Crippen LogP contribution in [0.4, 0.5) is 5.69 Å². The zero-order valence-electron chi connectivity index (χ0n) is 15.0. The molecule has 0 bridgehead atoms. The lowest BCUT2D eigenvalue weighted by Gasteiger charge is -2.31. The largest absolute Gasteiger partial charge is 0.309 e. The third kappa shape index (κ3) is 3.64. The summed E-state index contributed by atoms with van der Waals surface area (Å²) in [6, 6.07) is 14.3. The second kappa shape index (κ2) is 7.56. The van der Waals surface area contributed by atoms with Crippen molar-refractivity contribution in [2.75, 3.05) is 19.6 Å². The fourth-order valence-electron chi connectivity index (χ4n) is 4.25. The molecule has 0 fully saturated rings. The molecule has 5 nitrogen and oxygen atoms in total.